The fraction of sp³-hybridized carbons (Fsp3) is 0.300. The maximum Gasteiger partial charge on any atom is 0.331 e. The van der Waals surface area contributed by atoms with Crippen LogP contribution in [0.5, 0.6) is 5.75 Å². The molecule has 160 valence electrons. The first kappa shape index (κ1) is 23.0. The highest BCUT2D eigenvalue weighted by molar-refractivity contribution is 6.31. The Morgan fingerprint density at radius 2 is 2.07 bits per heavy atom. The van der Waals surface area contributed by atoms with Crippen LogP contribution in [-0.2, 0) is 26.2 Å². The fourth-order valence-electron chi connectivity index (χ4n) is 2.48. The average molecular weight is 435 g/mol. The van der Waals surface area contributed by atoms with E-state index in [0.717, 1.165) is 4.90 Å². The van der Waals surface area contributed by atoms with E-state index in [-0.39, 0.29) is 6.54 Å². The number of aryl methyl sites for hydroxylation is 2. The van der Waals surface area contributed by atoms with Crippen molar-refractivity contribution in [3.8, 4) is 5.75 Å². The lowest BCUT2D eigenvalue weighted by Gasteiger charge is -2.16. The molecule has 0 aliphatic rings. The Balaban J connectivity index is 1.81. The van der Waals surface area contributed by atoms with Gasteiger partial charge in [-0.05, 0) is 25.1 Å². The first-order valence-corrected chi connectivity index (χ1v) is 9.31. The molecule has 1 heterocycles. The monoisotopic (exact) mass is 434 g/mol. The van der Waals surface area contributed by atoms with Gasteiger partial charge in [-0.15, -0.1) is 0 Å². The first-order valence-electron chi connectivity index (χ1n) is 8.93. The molecule has 0 saturated carbocycles. The van der Waals surface area contributed by atoms with Crippen molar-refractivity contribution < 1.29 is 23.9 Å². The number of rotatable bonds is 8. The number of nitrogens with one attached hydrogen (secondary N) is 1. The molecule has 0 aliphatic carbocycles. The highest BCUT2D eigenvalue weighted by Crippen LogP contribution is 2.20. The molecule has 0 aliphatic heterocycles. The van der Waals surface area contributed by atoms with E-state index < -0.39 is 24.4 Å². The molecule has 0 saturated heterocycles. The lowest BCUT2D eigenvalue weighted by atomic mass is 10.2. The number of nitrogens with zero attached hydrogens (tertiary/aromatic N) is 3. The van der Waals surface area contributed by atoms with Gasteiger partial charge in [0, 0.05) is 37.5 Å². The van der Waals surface area contributed by atoms with Crippen molar-refractivity contribution >= 4 is 41.1 Å². The van der Waals surface area contributed by atoms with Gasteiger partial charge in [0.25, 0.3) is 5.91 Å². The summed E-state index contributed by atoms with van der Waals surface area (Å²) in [6, 6.07) is 6.84. The van der Waals surface area contributed by atoms with Gasteiger partial charge in [-0.25, -0.2) is 4.79 Å². The van der Waals surface area contributed by atoms with Gasteiger partial charge in [-0.1, -0.05) is 17.7 Å². The van der Waals surface area contributed by atoms with Crippen LogP contribution in [0.4, 0.5) is 5.69 Å². The zero-order chi connectivity index (χ0) is 22.3. The third kappa shape index (κ3) is 6.35. The third-order valence-electron chi connectivity index (χ3n) is 4.08. The van der Waals surface area contributed by atoms with Crippen LogP contribution in [0.25, 0.3) is 6.08 Å². The van der Waals surface area contributed by atoms with Crippen molar-refractivity contribution in [2.75, 3.05) is 32.6 Å². The quantitative estimate of drug-likeness (QED) is 0.504. The van der Waals surface area contributed by atoms with Gasteiger partial charge in [0.05, 0.1) is 19.3 Å². The number of amides is 2. The second kappa shape index (κ2) is 10.4. The van der Waals surface area contributed by atoms with Crippen molar-refractivity contribution in [1.29, 1.82) is 0 Å². The highest BCUT2D eigenvalue weighted by Gasteiger charge is 2.15. The molecule has 2 aromatic rings. The van der Waals surface area contributed by atoms with Gasteiger partial charge in [0.15, 0.2) is 6.61 Å². The number of esters is 1. The van der Waals surface area contributed by atoms with Crippen LogP contribution >= 0.6 is 11.6 Å². The number of anilines is 1. The molecular formula is C20H23ClN4O5. The van der Waals surface area contributed by atoms with Crippen molar-refractivity contribution in [3.05, 3.63) is 46.8 Å². The second-order valence-electron chi connectivity index (χ2n) is 6.38. The summed E-state index contributed by atoms with van der Waals surface area (Å²) in [6.07, 6.45) is 2.64. The number of ether oxygens (including phenoxy) is 2. The van der Waals surface area contributed by atoms with E-state index in [4.69, 9.17) is 21.1 Å². The molecule has 2 amide bonds. The van der Waals surface area contributed by atoms with E-state index >= 15 is 0 Å². The Labute approximate surface area is 179 Å². The van der Waals surface area contributed by atoms with Gasteiger partial charge in [0.1, 0.15) is 10.9 Å². The van der Waals surface area contributed by atoms with E-state index in [1.165, 1.54) is 31.0 Å². The van der Waals surface area contributed by atoms with Crippen molar-refractivity contribution in [1.82, 2.24) is 14.7 Å². The SMILES string of the molecule is COc1cccc(NC(=O)CN(C)C(=O)COC(=O)/C=C/c2c(C)nn(C)c2Cl)c1. The van der Waals surface area contributed by atoms with Crippen molar-refractivity contribution in [2.45, 2.75) is 6.92 Å². The van der Waals surface area contributed by atoms with Crippen LogP contribution in [0, 0.1) is 6.92 Å². The molecule has 0 unspecified atom stereocenters. The van der Waals surface area contributed by atoms with E-state index in [9.17, 15) is 14.4 Å². The van der Waals surface area contributed by atoms with Gasteiger partial charge < -0.3 is 19.7 Å². The minimum Gasteiger partial charge on any atom is -0.497 e. The van der Waals surface area contributed by atoms with Gasteiger partial charge in [-0.2, -0.15) is 5.10 Å². The maximum atomic E-state index is 12.1. The lowest BCUT2D eigenvalue weighted by Crippen LogP contribution is -2.37. The predicted octanol–water partition coefficient (Wildman–Crippen LogP) is 2.04. The number of benzene rings is 1. The molecule has 0 atom stereocenters. The molecule has 1 aromatic carbocycles. The van der Waals surface area contributed by atoms with E-state index in [0.29, 0.717) is 27.8 Å². The fourth-order valence-corrected chi connectivity index (χ4v) is 2.72. The molecule has 0 radical (unpaired) electrons. The molecule has 30 heavy (non-hydrogen) atoms. The summed E-state index contributed by atoms with van der Waals surface area (Å²) < 4.78 is 11.5. The van der Waals surface area contributed by atoms with Gasteiger partial charge in [-0.3, -0.25) is 14.3 Å². The van der Waals surface area contributed by atoms with Crippen molar-refractivity contribution in [3.63, 3.8) is 0 Å². The maximum absolute atomic E-state index is 12.1. The number of hydrogen-bond acceptors (Lipinski definition) is 6. The van der Waals surface area contributed by atoms with Crippen LogP contribution in [0.1, 0.15) is 11.3 Å². The van der Waals surface area contributed by atoms with Crippen LogP contribution < -0.4 is 10.1 Å². The standard InChI is InChI=1S/C20H23ClN4O5/c1-13-16(20(21)25(3)23-13)8-9-19(28)30-12-18(27)24(2)11-17(26)22-14-6-5-7-15(10-14)29-4/h5-10H,11-12H2,1-4H3,(H,22,26)/b9-8+. The summed E-state index contributed by atoms with van der Waals surface area (Å²) in [5.41, 5.74) is 1.79. The number of halogens is 1. The van der Waals surface area contributed by atoms with Crippen LogP contribution in [0.2, 0.25) is 5.15 Å². The molecule has 2 rings (SSSR count). The third-order valence-corrected chi connectivity index (χ3v) is 4.53. The Kier molecular flexibility index (Phi) is 7.99. The number of carbonyl (C=O) groups excluding carboxylic acids is 3. The minimum absolute atomic E-state index is 0.200. The Morgan fingerprint density at radius 1 is 1.33 bits per heavy atom. The van der Waals surface area contributed by atoms with E-state index in [1.807, 2.05) is 0 Å². The van der Waals surface area contributed by atoms with Crippen LogP contribution in [0.3, 0.4) is 0 Å². The van der Waals surface area contributed by atoms with Gasteiger partial charge >= 0.3 is 5.97 Å². The average Bonchev–Trinajstić information content (AvgIpc) is 2.95. The summed E-state index contributed by atoms with van der Waals surface area (Å²) in [4.78, 5) is 37.2. The van der Waals surface area contributed by atoms with E-state index in [1.54, 1.807) is 38.2 Å². The zero-order valence-electron chi connectivity index (χ0n) is 17.1. The van der Waals surface area contributed by atoms with E-state index in [2.05, 4.69) is 10.4 Å². The lowest BCUT2D eigenvalue weighted by molar-refractivity contribution is -0.148. The summed E-state index contributed by atoms with van der Waals surface area (Å²) in [5, 5.41) is 7.18. The minimum atomic E-state index is -0.711. The Morgan fingerprint density at radius 3 is 2.70 bits per heavy atom. The highest BCUT2D eigenvalue weighted by atomic mass is 35.5. The topological polar surface area (TPSA) is 103 Å². The molecule has 10 heteroatoms. The van der Waals surface area contributed by atoms with Gasteiger partial charge in [0.2, 0.25) is 5.91 Å². The number of aromatic nitrogens is 2. The molecule has 0 fully saturated rings. The second-order valence-corrected chi connectivity index (χ2v) is 6.74. The predicted molar refractivity (Wildman–Crippen MR) is 112 cm³/mol. The number of carbonyl (C=O) groups is 3. The van der Waals surface area contributed by atoms with Crippen molar-refractivity contribution in [2.24, 2.45) is 7.05 Å². The zero-order valence-corrected chi connectivity index (χ0v) is 17.9. The van der Waals surface area contributed by atoms with Crippen LogP contribution in [-0.4, -0.2) is 59.8 Å². The molecule has 1 aromatic heterocycles. The summed E-state index contributed by atoms with van der Waals surface area (Å²) >= 11 is 6.08. The smallest absolute Gasteiger partial charge is 0.331 e. The number of hydrogen-bond donors (Lipinski definition) is 1. The Bertz CT molecular complexity index is 970. The number of methoxy groups -OCH3 is 1. The summed E-state index contributed by atoms with van der Waals surface area (Å²) in [6.45, 7) is 1.06. The number of likely N-dealkylation sites (N-methyl/N-ethyl adjacent to an activating group) is 1. The molecule has 0 bridgehead atoms. The molecular weight excluding hydrogens is 412 g/mol. The molecule has 0 spiro atoms. The molecule has 1 N–H and O–H groups in total. The molecule has 9 nitrogen and oxygen atoms in total. The summed E-state index contributed by atoms with van der Waals surface area (Å²) in [5.74, 6) is -1.03. The Hall–Kier alpha value is -3.33. The normalized spacial score (nSPS) is 10.7. The first-order chi connectivity index (χ1) is 14.2. The largest absolute Gasteiger partial charge is 0.497 e. The summed E-state index contributed by atoms with van der Waals surface area (Å²) in [7, 11) is 4.65. The van der Waals surface area contributed by atoms with Crippen LogP contribution in [0.15, 0.2) is 30.3 Å².